The van der Waals surface area contributed by atoms with Crippen molar-refractivity contribution in [3.8, 4) is 0 Å². The van der Waals surface area contributed by atoms with E-state index in [1.165, 1.54) is 19.3 Å². The molecule has 2 atom stereocenters. The Bertz CT molecular complexity index is 205. The quantitative estimate of drug-likeness (QED) is 0.666. The molecule has 2 saturated heterocycles. The van der Waals surface area contributed by atoms with Gasteiger partial charge in [0.25, 0.3) is 0 Å². The third-order valence-corrected chi connectivity index (χ3v) is 3.42. The van der Waals surface area contributed by atoms with E-state index in [9.17, 15) is 4.79 Å². The van der Waals surface area contributed by atoms with Crippen molar-refractivity contribution >= 4 is 5.97 Å². The molecule has 74 valence electrons. The zero-order chi connectivity index (χ0) is 9.26. The number of hydrogen-bond acceptors (Lipinski definition) is 2. The average Bonchev–Trinajstić information content (AvgIpc) is 2.36. The third kappa shape index (κ3) is 1.70. The Morgan fingerprint density at radius 2 is 2.00 bits per heavy atom. The van der Waals surface area contributed by atoms with E-state index >= 15 is 0 Å². The van der Waals surface area contributed by atoms with Crippen molar-refractivity contribution in [2.45, 2.75) is 38.1 Å². The van der Waals surface area contributed by atoms with Gasteiger partial charge in [0.1, 0.15) is 0 Å². The molecule has 0 aliphatic carbocycles. The normalized spacial score (nSPS) is 35.4. The van der Waals surface area contributed by atoms with Crippen LogP contribution in [-0.4, -0.2) is 35.1 Å². The fourth-order valence-corrected chi connectivity index (χ4v) is 2.71. The standard InChI is InChI=1S/C10H17NO2/c12-10(13)8-5-7-11-6-3-1-2-4-9(8)11/h8-9H,1-7H2,(H,12,13). The van der Waals surface area contributed by atoms with Gasteiger partial charge in [-0.15, -0.1) is 0 Å². The van der Waals surface area contributed by atoms with E-state index in [1.807, 2.05) is 0 Å². The van der Waals surface area contributed by atoms with Gasteiger partial charge in [-0.3, -0.25) is 9.69 Å². The maximum Gasteiger partial charge on any atom is 0.308 e. The van der Waals surface area contributed by atoms with E-state index in [2.05, 4.69) is 4.90 Å². The number of carboxylic acids is 1. The van der Waals surface area contributed by atoms with Gasteiger partial charge in [-0.05, 0) is 32.4 Å². The lowest BCUT2D eigenvalue weighted by molar-refractivity contribution is -0.142. The minimum absolute atomic E-state index is 0.0851. The van der Waals surface area contributed by atoms with E-state index in [0.29, 0.717) is 6.04 Å². The lowest BCUT2D eigenvalue weighted by Crippen LogP contribution is -2.34. The Hall–Kier alpha value is -0.570. The van der Waals surface area contributed by atoms with Crippen LogP contribution in [0.25, 0.3) is 0 Å². The summed E-state index contributed by atoms with van der Waals surface area (Å²) in [6.45, 7) is 2.12. The van der Waals surface area contributed by atoms with E-state index in [0.717, 1.165) is 25.9 Å². The molecule has 0 spiro atoms. The second-order valence-electron chi connectivity index (χ2n) is 4.19. The van der Waals surface area contributed by atoms with E-state index in [1.54, 1.807) is 0 Å². The SMILES string of the molecule is O=C(O)C1CCN2CCCCCC12. The first-order valence-electron chi connectivity index (χ1n) is 5.26. The highest BCUT2D eigenvalue weighted by atomic mass is 16.4. The molecule has 2 fully saturated rings. The molecule has 0 radical (unpaired) electrons. The van der Waals surface area contributed by atoms with Gasteiger partial charge in [-0.25, -0.2) is 0 Å². The summed E-state index contributed by atoms with van der Waals surface area (Å²) < 4.78 is 0. The van der Waals surface area contributed by atoms with Crippen molar-refractivity contribution in [3.63, 3.8) is 0 Å². The molecule has 2 unspecified atom stereocenters. The van der Waals surface area contributed by atoms with Crippen LogP contribution in [0.4, 0.5) is 0 Å². The number of rotatable bonds is 1. The predicted molar refractivity (Wildman–Crippen MR) is 49.6 cm³/mol. The summed E-state index contributed by atoms with van der Waals surface area (Å²) in [6, 6.07) is 0.347. The van der Waals surface area contributed by atoms with Crippen LogP contribution in [0, 0.1) is 5.92 Å². The topological polar surface area (TPSA) is 40.5 Å². The van der Waals surface area contributed by atoms with Gasteiger partial charge in [-0.2, -0.15) is 0 Å². The maximum absolute atomic E-state index is 10.9. The molecular weight excluding hydrogens is 166 g/mol. The van der Waals surface area contributed by atoms with E-state index in [-0.39, 0.29) is 5.92 Å². The number of carbonyl (C=O) groups is 1. The van der Waals surface area contributed by atoms with Gasteiger partial charge in [0.15, 0.2) is 0 Å². The van der Waals surface area contributed by atoms with E-state index < -0.39 is 5.97 Å². The number of nitrogens with zero attached hydrogens (tertiary/aromatic N) is 1. The molecule has 3 nitrogen and oxygen atoms in total. The Morgan fingerprint density at radius 3 is 2.77 bits per heavy atom. The van der Waals surface area contributed by atoms with Crippen LogP contribution in [-0.2, 0) is 4.79 Å². The summed E-state index contributed by atoms with van der Waals surface area (Å²) in [5, 5.41) is 9.02. The second-order valence-corrected chi connectivity index (χ2v) is 4.19. The first-order chi connectivity index (χ1) is 6.29. The lowest BCUT2D eigenvalue weighted by atomic mass is 9.96. The van der Waals surface area contributed by atoms with Gasteiger partial charge in [0.2, 0.25) is 0 Å². The Labute approximate surface area is 78.7 Å². The van der Waals surface area contributed by atoms with Crippen molar-refractivity contribution in [1.29, 1.82) is 0 Å². The van der Waals surface area contributed by atoms with Crippen molar-refractivity contribution in [2.24, 2.45) is 5.92 Å². The minimum atomic E-state index is -0.589. The molecule has 13 heavy (non-hydrogen) atoms. The molecule has 0 saturated carbocycles. The first kappa shape index (κ1) is 9.00. The van der Waals surface area contributed by atoms with Crippen LogP contribution in [0.15, 0.2) is 0 Å². The molecule has 2 aliphatic rings. The molecule has 0 aromatic heterocycles. The van der Waals surface area contributed by atoms with Crippen molar-refractivity contribution in [2.75, 3.05) is 13.1 Å². The molecular formula is C10H17NO2. The Kier molecular flexibility index (Phi) is 2.54. The van der Waals surface area contributed by atoms with Crippen molar-refractivity contribution in [3.05, 3.63) is 0 Å². The summed E-state index contributed by atoms with van der Waals surface area (Å²) in [6.07, 6.45) is 5.70. The fourth-order valence-electron chi connectivity index (χ4n) is 2.71. The average molecular weight is 183 g/mol. The molecule has 2 rings (SSSR count). The summed E-state index contributed by atoms with van der Waals surface area (Å²) in [5.74, 6) is -0.674. The lowest BCUT2D eigenvalue weighted by Gasteiger charge is -2.23. The number of fused-ring (bicyclic) bond motifs is 1. The summed E-state index contributed by atoms with van der Waals surface area (Å²) in [5.41, 5.74) is 0. The van der Waals surface area contributed by atoms with Crippen LogP contribution >= 0.6 is 0 Å². The van der Waals surface area contributed by atoms with Crippen LogP contribution in [0.2, 0.25) is 0 Å². The van der Waals surface area contributed by atoms with Crippen LogP contribution < -0.4 is 0 Å². The zero-order valence-corrected chi connectivity index (χ0v) is 7.91. The first-order valence-corrected chi connectivity index (χ1v) is 5.26. The molecule has 2 aliphatic heterocycles. The van der Waals surface area contributed by atoms with Crippen molar-refractivity contribution in [1.82, 2.24) is 4.90 Å². The van der Waals surface area contributed by atoms with Crippen LogP contribution in [0.5, 0.6) is 0 Å². The van der Waals surface area contributed by atoms with E-state index in [4.69, 9.17) is 5.11 Å². The number of aliphatic carboxylic acids is 1. The smallest absolute Gasteiger partial charge is 0.308 e. The molecule has 0 amide bonds. The second kappa shape index (κ2) is 3.66. The molecule has 2 heterocycles. The molecule has 1 N–H and O–H groups in total. The Morgan fingerprint density at radius 1 is 1.15 bits per heavy atom. The molecule has 0 aromatic carbocycles. The fraction of sp³-hybridized carbons (Fsp3) is 0.900. The van der Waals surface area contributed by atoms with Crippen LogP contribution in [0.1, 0.15) is 32.1 Å². The minimum Gasteiger partial charge on any atom is -0.481 e. The number of carboxylic acid groups (broad SMARTS) is 1. The third-order valence-electron chi connectivity index (χ3n) is 3.42. The molecule has 3 heteroatoms. The highest BCUT2D eigenvalue weighted by Gasteiger charge is 2.38. The van der Waals surface area contributed by atoms with Crippen LogP contribution in [0.3, 0.4) is 0 Å². The largest absolute Gasteiger partial charge is 0.481 e. The monoisotopic (exact) mass is 183 g/mol. The van der Waals surface area contributed by atoms with Gasteiger partial charge in [-0.1, -0.05) is 12.8 Å². The molecule has 0 bridgehead atoms. The van der Waals surface area contributed by atoms with Gasteiger partial charge in [0.05, 0.1) is 5.92 Å². The maximum atomic E-state index is 10.9. The summed E-state index contributed by atoms with van der Waals surface area (Å²) in [7, 11) is 0. The Balaban J connectivity index is 2.06. The van der Waals surface area contributed by atoms with Gasteiger partial charge in [0, 0.05) is 6.04 Å². The molecule has 0 aromatic rings. The predicted octanol–water partition coefficient (Wildman–Crippen LogP) is 1.34. The zero-order valence-electron chi connectivity index (χ0n) is 7.91. The van der Waals surface area contributed by atoms with Crippen molar-refractivity contribution < 1.29 is 9.90 Å². The summed E-state index contributed by atoms with van der Waals surface area (Å²) in [4.78, 5) is 13.3. The summed E-state index contributed by atoms with van der Waals surface area (Å²) >= 11 is 0. The van der Waals surface area contributed by atoms with Gasteiger partial charge < -0.3 is 5.11 Å². The number of hydrogen-bond donors (Lipinski definition) is 1. The van der Waals surface area contributed by atoms with Gasteiger partial charge >= 0.3 is 5.97 Å². The highest BCUT2D eigenvalue weighted by Crippen LogP contribution is 2.30. The highest BCUT2D eigenvalue weighted by molar-refractivity contribution is 5.71.